The Morgan fingerprint density at radius 3 is 0.613 bits per heavy atom. The molecule has 0 saturated heterocycles. The van der Waals surface area contributed by atoms with E-state index in [1.165, 1.54) is 100 Å². The Kier molecular flexibility index (Phi) is 20.9. The second-order valence-electron chi connectivity index (χ2n) is 35.7. The quantitative estimate of drug-likeness (QED) is 0.105. The number of hydrogen-bond donors (Lipinski definition) is 0. The number of rotatable bonds is 14. The molecule has 22 aromatic rings. The maximum absolute atomic E-state index is 5.19. The van der Waals surface area contributed by atoms with Gasteiger partial charge in [-0.3, -0.25) is 0 Å². The van der Waals surface area contributed by atoms with Crippen LogP contribution < -0.4 is 0 Å². The lowest BCUT2D eigenvalue weighted by Gasteiger charge is -2.34. The van der Waals surface area contributed by atoms with E-state index in [9.17, 15) is 0 Å². The molecular formula is C128H87N9. The molecule has 3 heterocycles. The molecule has 9 nitrogen and oxygen atoms in total. The molecule has 4 aliphatic carbocycles. The van der Waals surface area contributed by atoms with E-state index in [0.29, 0.717) is 52.4 Å². The van der Waals surface area contributed by atoms with Crippen LogP contribution in [0.5, 0.6) is 0 Å². The van der Waals surface area contributed by atoms with E-state index in [2.05, 4.69) is 420 Å². The first-order chi connectivity index (χ1) is 67.6. The average Bonchev–Trinajstić information content (AvgIpc) is 1.51. The third-order valence-electron chi connectivity index (χ3n) is 27.5. The lowest BCUT2D eigenvalue weighted by Crippen LogP contribution is -2.28. The highest BCUT2D eigenvalue weighted by Gasteiger charge is 2.52. The Morgan fingerprint density at radius 2 is 0.314 bits per heavy atom. The first-order valence-electron chi connectivity index (χ1n) is 46.6. The largest absolute Gasteiger partial charge is 0.208 e. The zero-order chi connectivity index (χ0) is 91.4. The van der Waals surface area contributed by atoms with Crippen molar-refractivity contribution >= 4 is 0 Å². The fourth-order valence-corrected chi connectivity index (χ4v) is 21.1. The number of hydrogen-bond acceptors (Lipinski definition) is 9. The molecule has 9 heteroatoms. The molecule has 0 fully saturated rings. The molecule has 19 aromatic carbocycles. The lowest BCUT2D eigenvalue weighted by atomic mass is 9.67. The summed E-state index contributed by atoms with van der Waals surface area (Å²) in [5.74, 6) is 5.90. The van der Waals surface area contributed by atoms with Gasteiger partial charge in [-0.15, -0.1) is 0 Å². The Bertz CT molecular complexity index is 7970. The maximum Gasteiger partial charge on any atom is 0.164 e. The first kappa shape index (κ1) is 82.4. The minimum Gasteiger partial charge on any atom is -0.208 e. The Balaban J connectivity index is 0.000000113. The molecule has 137 heavy (non-hydrogen) atoms. The monoisotopic (exact) mass is 1750 g/mol. The topological polar surface area (TPSA) is 116 Å². The van der Waals surface area contributed by atoms with Crippen LogP contribution in [0.1, 0.15) is 69.5 Å². The zero-order valence-corrected chi connectivity index (χ0v) is 75.3. The van der Waals surface area contributed by atoms with Gasteiger partial charge < -0.3 is 0 Å². The van der Waals surface area contributed by atoms with Crippen molar-refractivity contribution in [2.45, 2.75) is 30.1 Å². The Labute approximate surface area is 796 Å². The SMILES string of the molecule is CC1(C)c2ccccc2-c2ccc(-c3nc(-c4ccccc4)nc(-c4cccc(-c5ccccc5)c4)n3)cc21.c1ccc(-c2cccc(-c3nc(-c4ccccc4)nc(-c4ccc5c(c4)C(c4ccccc4)(c4ccccc4)c4ccccc4-5)n3)c2)cc1.c1ccc(-c2cccc(-c3nc(-c4ccccc4)nc(-c4ccc5c(c4)C4(c6ccccc6-c6ccccc64)c4ccccc4-5)n3)c2)cc1. The molecule has 1 spiro atoms. The van der Waals surface area contributed by atoms with Gasteiger partial charge in [-0.2, -0.15) is 0 Å². The summed E-state index contributed by atoms with van der Waals surface area (Å²) in [5, 5.41) is 0. The van der Waals surface area contributed by atoms with Gasteiger partial charge >= 0.3 is 0 Å². The summed E-state index contributed by atoms with van der Waals surface area (Å²) < 4.78 is 0. The molecule has 0 radical (unpaired) electrons. The first-order valence-corrected chi connectivity index (χ1v) is 46.6. The predicted molar refractivity (Wildman–Crippen MR) is 556 cm³/mol. The van der Waals surface area contributed by atoms with Crippen LogP contribution in [0.4, 0.5) is 0 Å². The summed E-state index contributed by atoms with van der Waals surface area (Å²) in [6.45, 7) is 4.59. The van der Waals surface area contributed by atoms with Crippen LogP contribution in [0.25, 0.3) is 180 Å². The number of benzene rings is 19. The van der Waals surface area contributed by atoms with Crippen LogP contribution in [-0.4, -0.2) is 44.9 Å². The maximum atomic E-state index is 5.19. The van der Waals surface area contributed by atoms with E-state index in [1.54, 1.807) is 0 Å². The number of fused-ring (bicyclic) bond motifs is 16. The van der Waals surface area contributed by atoms with Crippen LogP contribution >= 0.6 is 0 Å². The van der Waals surface area contributed by atoms with Gasteiger partial charge in [0.15, 0.2) is 52.4 Å². The minimum absolute atomic E-state index is 0.0932. The lowest BCUT2D eigenvalue weighted by molar-refractivity contribution is 0.660. The van der Waals surface area contributed by atoms with Crippen molar-refractivity contribution in [2.24, 2.45) is 0 Å². The van der Waals surface area contributed by atoms with E-state index in [4.69, 9.17) is 44.9 Å². The van der Waals surface area contributed by atoms with Crippen LogP contribution in [0.3, 0.4) is 0 Å². The fourth-order valence-electron chi connectivity index (χ4n) is 21.1. The molecular weight excluding hydrogens is 1660 g/mol. The van der Waals surface area contributed by atoms with Crippen LogP contribution in [0.15, 0.2) is 491 Å². The van der Waals surface area contributed by atoms with Gasteiger partial charge in [0, 0.05) is 55.5 Å². The summed E-state index contributed by atoms with van der Waals surface area (Å²) in [7, 11) is 0. The summed E-state index contributed by atoms with van der Waals surface area (Å²) >= 11 is 0. The van der Waals surface area contributed by atoms with Crippen molar-refractivity contribution in [1.29, 1.82) is 0 Å². The molecule has 0 N–H and O–H groups in total. The normalized spacial score (nSPS) is 12.9. The summed E-state index contributed by atoms with van der Waals surface area (Å²) in [6, 6.07) is 173. The second kappa shape index (κ2) is 34.7. The third kappa shape index (κ3) is 14.6. The van der Waals surface area contributed by atoms with Gasteiger partial charge in [-0.1, -0.05) is 469 Å². The molecule has 0 aliphatic heterocycles. The third-order valence-corrected chi connectivity index (χ3v) is 27.5. The van der Waals surface area contributed by atoms with E-state index < -0.39 is 10.8 Å². The summed E-state index contributed by atoms with van der Waals surface area (Å²) in [4.78, 5) is 45.7. The van der Waals surface area contributed by atoms with Crippen molar-refractivity contribution in [2.75, 3.05) is 0 Å². The van der Waals surface area contributed by atoms with Crippen LogP contribution in [-0.2, 0) is 16.2 Å². The molecule has 0 unspecified atom stereocenters. The zero-order valence-electron chi connectivity index (χ0n) is 75.3. The second-order valence-corrected chi connectivity index (χ2v) is 35.7. The Hall–Kier alpha value is -17.8. The van der Waals surface area contributed by atoms with Crippen molar-refractivity contribution in [1.82, 2.24) is 44.9 Å². The standard InChI is InChI=1S/C46H29N3.C46H31N3.C36H27N3/c1-3-14-30(15-4-1)32-18-13-19-33(28-32)44-47-43(31-16-5-2-6-17-31)48-45(49-44)34-26-27-38-37-22-9-12-25-41(37)46(42(38)29-34)39-23-10-7-20-35(39)36-21-8-11-24-40(36)46;1-5-16-32(17-6-1)34-20-15-21-35(30-34)44-47-43(33-18-7-2-8-19-33)48-45(49-44)36-28-29-40-39-26-13-14-27-41(39)46(42(40)31-36,37-22-9-3-10-23-37)38-24-11-4-12-25-38;1-36(2)31-19-10-9-18-29(31)30-21-20-28(23-32(30)36)35-38-33(25-14-7-4-8-15-25)37-34(39-35)27-17-11-16-26(22-27)24-12-5-3-6-13-24/h1-29H;1-31H;3-23H,1-2H3. The predicted octanol–water partition coefficient (Wildman–Crippen LogP) is 30.6. The molecule has 0 amide bonds. The van der Waals surface area contributed by atoms with E-state index >= 15 is 0 Å². The number of aromatic nitrogens is 9. The van der Waals surface area contributed by atoms with Gasteiger partial charge in [0.1, 0.15) is 0 Å². The molecule has 0 saturated carbocycles. The van der Waals surface area contributed by atoms with Gasteiger partial charge in [0.05, 0.1) is 10.8 Å². The van der Waals surface area contributed by atoms with Gasteiger partial charge in [-0.25, -0.2) is 44.9 Å². The molecule has 0 atom stereocenters. The smallest absolute Gasteiger partial charge is 0.164 e. The molecule has 644 valence electrons. The van der Waals surface area contributed by atoms with Gasteiger partial charge in [0.25, 0.3) is 0 Å². The van der Waals surface area contributed by atoms with E-state index in [0.717, 1.165) is 83.5 Å². The van der Waals surface area contributed by atoms with Crippen molar-refractivity contribution in [3.05, 3.63) is 547 Å². The minimum atomic E-state index is -0.507. The Morgan fingerprint density at radius 1 is 0.124 bits per heavy atom. The molecule has 3 aromatic heterocycles. The average molecular weight is 1750 g/mol. The summed E-state index contributed by atoms with van der Waals surface area (Å²) in [5.41, 5.74) is 37.4. The fraction of sp³-hybridized carbons (Fsp3) is 0.0391. The number of nitrogens with zero attached hydrogens (tertiary/aromatic N) is 9. The van der Waals surface area contributed by atoms with E-state index in [1.807, 2.05) is 84.9 Å². The van der Waals surface area contributed by atoms with Crippen LogP contribution in [0.2, 0.25) is 0 Å². The molecule has 26 rings (SSSR count). The molecule has 4 aliphatic rings. The highest BCUT2D eigenvalue weighted by Crippen LogP contribution is 2.64. The summed E-state index contributed by atoms with van der Waals surface area (Å²) in [6.07, 6.45) is 0. The van der Waals surface area contributed by atoms with Gasteiger partial charge in [0.2, 0.25) is 0 Å². The van der Waals surface area contributed by atoms with Gasteiger partial charge in [-0.05, 0) is 170 Å². The van der Waals surface area contributed by atoms with Crippen molar-refractivity contribution < 1.29 is 0 Å². The highest BCUT2D eigenvalue weighted by molar-refractivity contribution is 5.97. The molecule has 0 bridgehead atoms. The van der Waals surface area contributed by atoms with Crippen LogP contribution in [0, 0.1) is 0 Å². The van der Waals surface area contributed by atoms with Crippen molar-refractivity contribution in [3.8, 4) is 180 Å². The van der Waals surface area contributed by atoms with E-state index in [-0.39, 0.29) is 5.41 Å². The highest BCUT2D eigenvalue weighted by atomic mass is 15.1. The van der Waals surface area contributed by atoms with Crippen molar-refractivity contribution in [3.63, 3.8) is 0 Å².